The van der Waals surface area contributed by atoms with E-state index in [0.717, 1.165) is 11.3 Å². The van der Waals surface area contributed by atoms with E-state index in [4.69, 9.17) is 5.73 Å². The van der Waals surface area contributed by atoms with Gasteiger partial charge in [-0.15, -0.1) is 0 Å². The molecule has 20 heavy (non-hydrogen) atoms. The molecule has 4 heteroatoms. The predicted octanol–water partition coefficient (Wildman–Crippen LogP) is 3.41. The molecule has 0 aliphatic rings. The smallest absolute Gasteiger partial charge is 0.249 e. The van der Waals surface area contributed by atoms with Gasteiger partial charge in [0.15, 0.2) is 0 Å². The molecule has 0 saturated carbocycles. The summed E-state index contributed by atoms with van der Waals surface area (Å²) in [7, 11) is 0. The summed E-state index contributed by atoms with van der Waals surface area (Å²) < 4.78 is 13.7. The number of rotatable bonds is 4. The van der Waals surface area contributed by atoms with Crippen molar-refractivity contribution in [3.63, 3.8) is 0 Å². The van der Waals surface area contributed by atoms with Crippen LogP contribution in [0, 0.1) is 12.7 Å². The second-order valence-corrected chi connectivity index (χ2v) is 4.73. The maximum Gasteiger partial charge on any atom is 0.249 e. The first-order chi connectivity index (χ1) is 9.50. The van der Waals surface area contributed by atoms with Crippen LogP contribution in [0.2, 0.25) is 0 Å². The number of hydrogen-bond acceptors (Lipinski definition) is 2. The van der Waals surface area contributed by atoms with Crippen molar-refractivity contribution in [2.45, 2.75) is 19.9 Å². The van der Waals surface area contributed by atoms with Crippen LogP contribution in [0.3, 0.4) is 0 Å². The van der Waals surface area contributed by atoms with E-state index in [1.807, 2.05) is 19.9 Å². The summed E-state index contributed by atoms with van der Waals surface area (Å²) in [5.74, 6) is -0.721. The minimum absolute atomic E-state index is 0.210. The van der Waals surface area contributed by atoms with Crippen LogP contribution < -0.4 is 11.1 Å². The van der Waals surface area contributed by atoms with Crippen molar-refractivity contribution >= 4 is 11.6 Å². The first-order valence-corrected chi connectivity index (χ1v) is 6.41. The van der Waals surface area contributed by atoms with Gasteiger partial charge in [0.25, 0.3) is 0 Å². The fourth-order valence-corrected chi connectivity index (χ4v) is 2.20. The SMILES string of the molecule is Cc1c(NC(C)c2ccccc2F)cccc1C(N)=O. The average molecular weight is 272 g/mol. The van der Waals surface area contributed by atoms with Gasteiger partial charge in [-0.25, -0.2) is 4.39 Å². The molecule has 0 heterocycles. The van der Waals surface area contributed by atoms with Gasteiger partial charge in [-0.1, -0.05) is 24.3 Å². The van der Waals surface area contributed by atoms with E-state index in [0.29, 0.717) is 11.1 Å². The van der Waals surface area contributed by atoms with Gasteiger partial charge in [0.1, 0.15) is 5.82 Å². The Labute approximate surface area is 117 Å². The quantitative estimate of drug-likeness (QED) is 0.896. The summed E-state index contributed by atoms with van der Waals surface area (Å²) in [6.45, 7) is 3.69. The number of halogens is 1. The van der Waals surface area contributed by atoms with Gasteiger partial charge in [0, 0.05) is 16.8 Å². The summed E-state index contributed by atoms with van der Waals surface area (Å²) in [5.41, 5.74) is 7.91. The minimum atomic E-state index is -0.468. The van der Waals surface area contributed by atoms with E-state index in [-0.39, 0.29) is 11.9 Å². The van der Waals surface area contributed by atoms with Gasteiger partial charge >= 0.3 is 0 Å². The van der Waals surface area contributed by atoms with E-state index in [9.17, 15) is 9.18 Å². The first kappa shape index (κ1) is 14.1. The van der Waals surface area contributed by atoms with Crippen LogP contribution in [0.4, 0.5) is 10.1 Å². The van der Waals surface area contributed by atoms with E-state index < -0.39 is 5.91 Å². The number of hydrogen-bond donors (Lipinski definition) is 2. The Morgan fingerprint density at radius 1 is 1.20 bits per heavy atom. The molecule has 3 N–H and O–H groups in total. The molecule has 0 fully saturated rings. The third kappa shape index (κ3) is 2.79. The van der Waals surface area contributed by atoms with Crippen molar-refractivity contribution < 1.29 is 9.18 Å². The van der Waals surface area contributed by atoms with Gasteiger partial charge in [0.05, 0.1) is 6.04 Å². The number of amides is 1. The van der Waals surface area contributed by atoms with Gasteiger partial charge in [-0.05, 0) is 37.6 Å². The lowest BCUT2D eigenvalue weighted by atomic mass is 10.0. The highest BCUT2D eigenvalue weighted by atomic mass is 19.1. The highest BCUT2D eigenvalue weighted by molar-refractivity contribution is 5.95. The molecular formula is C16H17FN2O. The van der Waals surface area contributed by atoms with Crippen LogP contribution in [-0.2, 0) is 0 Å². The molecule has 1 unspecified atom stereocenters. The van der Waals surface area contributed by atoms with Crippen LogP contribution in [-0.4, -0.2) is 5.91 Å². The van der Waals surface area contributed by atoms with Crippen LogP contribution in [0.1, 0.15) is 34.5 Å². The van der Waals surface area contributed by atoms with Crippen LogP contribution in [0.5, 0.6) is 0 Å². The zero-order valence-electron chi connectivity index (χ0n) is 11.5. The van der Waals surface area contributed by atoms with Crippen molar-refractivity contribution in [3.8, 4) is 0 Å². The van der Waals surface area contributed by atoms with Gasteiger partial charge < -0.3 is 11.1 Å². The molecule has 0 radical (unpaired) electrons. The number of carbonyl (C=O) groups is 1. The fourth-order valence-electron chi connectivity index (χ4n) is 2.20. The van der Waals surface area contributed by atoms with Crippen molar-refractivity contribution in [2.24, 2.45) is 5.73 Å². The Balaban J connectivity index is 2.29. The molecule has 0 aliphatic heterocycles. The molecule has 0 spiro atoms. The fraction of sp³-hybridized carbons (Fsp3) is 0.188. The van der Waals surface area contributed by atoms with E-state index in [1.165, 1.54) is 6.07 Å². The maximum atomic E-state index is 13.7. The largest absolute Gasteiger partial charge is 0.378 e. The summed E-state index contributed by atoms with van der Waals surface area (Å²) in [6, 6.07) is 11.7. The third-order valence-corrected chi connectivity index (χ3v) is 3.34. The molecule has 1 amide bonds. The average Bonchev–Trinajstić information content (AvgIpc) is 2.41. The Kier molecular flexibility index (Phi) is 4.03. The molecular weight excluding hydrogens is 255 g/mol. The molecule has 104 valence electrons. The zero-order valence-corrected chi connectivity index (χ0v) is 11.5. The molecule has 2 aromatic rings. The van der Waals surface area contributed by atoms with Crippen molar-refractivity contribution in [1.82, 2.24) is 0 Å². The second-order valence-electron chi connectivity index (χ2n) is 4.73. The maximum absolute atomic E-state index is 13.7. The van der Waals surface area contributed by atoms with Gasteiger partial charge in [-0.3, -0.25) is 4.79 Å². The Morgan fingerprint density at radius 2 is 1.90 bits per heavy atom. The number of nitrogens with one attached hydrogen (secondary N) is 1. The van der Waals surface area contributed by atoms with Crippen molar-refractivity contribution in [1.29, 1.82) is 0 Å². The van der Waals surface area contributed by atoms with E-state index in [1.54, 1.807) is 30.3 Å². The topological polar surface area (TPSA) is 55.1 Å². The highest BCUT2D eigenvalue weighted by Gasteiger charge is 2.13. The first-order valence-electron chi connectivity index (χ1n) is 6.41. The molecule has 2 rings (SSSR count). The normalized spacial score (nSPS) is 11.9. The van der Waals surface area contributed by atoms with E-state index in [2.05, 4.69) is 5.32 Å². The number of primary amides is 1. The molecule has 3 nitrogen and oxygen atoms in total. The summed E-state index contributed by atoms with van der Waals surface area (Å²) in [5, 5.41) is 3.21. The standard InChI is InChI=1S/C16H17FN2O/c1-10-12(16(18)20)7-5-9-15(10)19-11(2)13-6-3-4-8-14(13)17/h3-9,11,19H,1-2H3,(H2,18,20). The molecule has 0 aliphatic carbocycles. The minimum Gasteiger partial charge on any atom is -0.378 e. The molecule has 0 saturated heterocycles. The Hall–Kier alpha value is -2.36. The van der Waals surface area contributed by atoms with Gasteiger partial charge in [0.2, 0.25) is 5.91 Å². The molecule has 2 aromatic carbocycles. The van der Waals surface area contributed by atoms with Crippen molar-refractivity contribution in [3.05, 3.63) is 65.0 Å². The van der Waals surface area contributed by atoms with E-state index >= 15 is 0 Å². The summed E-state index contributed by atoms with van der Waals surface area (Å²) in [6.07, 6.45) is 0. The van der Waals surface area contributed by atoms with Gasteiger partial charge in [-0.2, -0.15) is 0 Å². The number of benzene rings is 2. The number of anilines is 1. The number of carbonyl (C=O) groups excluding carboxylic acids is 1. The zero-order chi connectivity index (χ0) is 14.7. The second kappa shape index (κ2) is 5.74. The molecule has 0 aromatic heterocycles. The highest BCUT2D eigenvalue weighted by Crippen LogP contribution is 2.25. The van der Waals surface area contributed by atoms with Crippen LogP contribution in [0.15, 0.2) is 42.5 Å². The van der Waals surface area contributed by atoms with Crippen LogP contribution in [0.25, 0.3) is 0 Å². The Bertz CT molecular complexity index is 640. The number of nitrogens with two attached hydrogens (primary N) is 1. The molecule has 1 atom stereocenters. The lowest BCUT2D eigenvalue weighted by Gasteiger charge is -2.19. The molecule has 0 bridgehead atoms. The third-order valence-electron chi connectivity index (χ3n) is 3.34. The lowest BCUT2D eigenvalue weighted by Crippen LogP contribution is -2.15. The monoisotopic (exact) mass is 272 g/mol. The Morgan fingerprint density at radius 3 is 2.55 bits per heavy atom. The lowest BCUT2D eigenvalue weighted by molar-refractivity contribution is 0.1000. The van der Waals surface area contributed by atoms with Crippen LogP contribution >= 0.6 is 0 Å². The summed E-state index contributed by atoms with van der Waals surface area (Å²) in [4.78, 5) is 11.3. The van der Waals surface area contributed by atoms with Crippen molar-refractivity contribution in [2.75, 3.05) is 5.32 Å². The summed E-state index contributed by atoms with van der Waals surface area (Å²) >= 11 is 0. The predicted molar refractivity (Wildman–Crippen MR) is 78.1 cm³/mol.